The molecule has 76 valence electrons. The van der Waals surface area contributed by atoms with Crippen molar-refractivity contribution < 1.29 is 4.79 Å². The molecule has 0 radical (unpaired) electrons. The molecular weight excluding hydrogens is 190 g/mol. The van der Waals surface area contributed by atoms with Crippen LogP contribution in [-0.4, -0.2) is 22.5 Å². The molecule has 1 N–H and O–H groups in total. The van der Waals surface area contributed by atoms with Gasteiger partial charge in [-0.3, -0.25) is 4.79 Å². The molecule has 2 aromatic rings. The number of nitrogens with one attached hydrogen (secondary N) is 1. The molecule has 0 aromatic carbocycles. The Morgan fingerprint density at radius 1 is 1.33 bits per heavy atom. The number of amides is 1. The Hall–Kier alpha value is -2.10. The molecule has 0 saturated heterocycles. The fourth-order valence-corrected chi connectivity index (χ4v) is 1.30. The second kappa shape index (κ2) is 3.96. The molecule has 4 heteroatoms. The van der Waals surface area contributed by atoms with Crippen LogP contribution in [0.2, 0.25) is 0 Å². The SMILES string of the molecule is CNC(=O)c1ccc(-n2cccc2)nc1. The highest BCUT2D eigenvalue weighted by Crippen LogP contribution is 2.05. The van der Waals surface area contributed by atoms with Gasteiger partial charge in [0.2, 0.25) is 0 Å². The van der Waals surface area contributed by atoms with E-state index in [-0.39, 0.29) is 5.91 Å². The second-order valence-electron chi connectivity index (χ2n) is 3.07. The van der Waals surface area contributed by atoms with Crippen molar-refractivity contribution in [2.75, 3.05) is 7.05 Å². The standard InChI is InChI=1S/C11H11N3O/c1-12-11(15)9-4-5-10(13-8-9)14-6-2-3-7-14/h2-8H,1H3,(H,12,15). The first kappa shape index (κ1) is 9.45. The lowest BCUT2D eigenvalue weighted by Gasteiger charge is -2.03. The summed E-state index contributed by atoms with van der Waals surface area (Å²) in [5, 5.41) is 2.55. The highest BCUT2D eigenvalue weighted by molar-refractivity contribution is 5.93. The molecule has 2 heterocycles. The van der Waals surface area contributed by atoms with Gasteiger partial charge in [0.1, 0.15) is 5.82 Å². The van der Waals surface area contributed by atoms with Crippen molar-refractivity contribution in [1.29, 1.82) is 0 Å². The lowest BCUT2D eigenvalue weighted by atomic mass is 10.2. The van der Waals surface area contributed by atoms with Gasteiger partial charge in [0, 0.05) is 25.6 Å². The van der Waals surface area contributed by atoms with Crippen LogP contribution in [0.4, 0.5) is 0 Å². The Labute approximate surface area is 87.6 Å². The van der Waals surface area contributed by atoms with E-state index in [1.54, 1.807) is 19.3 Å². The molecular formula is C11H11N3O. The predicted molar refractivity (Wildman–Crippen MR) is 57.0 cm³/mol. The summed E-state index contributed by atoms with van der Waals surface area (Å²) in [6, 6.07) is 7.41. The highest BCUT2D eigenvalue weighted by atomic mass is 16.1. The van der Waals surface area contributed by atoms with Crippen LogP contribution in [0.25, 0.3) is 5.82 Å². The maximum Gasteiger partial charge on any atom is 0.252 e. The summed E-state index contributed by atoms with van der Waals surface area (Å²) in [5.74, 6) is 0.675. The van der Waals surface area contributed by atoms with Crippen molar-refractivity contribution in [1.82, 2.24) is 14.9 Å². The average Bonchev–Trinajstić information content (AvgIpc) is 2.82. The van der Waals surface area contributed by atoms with E-state index in [0.29, 0.717) is 5.56 Å². The van der Waals surface area contributed by atoms with Gasteiger partial charge in [0.05, 0.1) is 5.56 Å². The molecule has 0 fully saturated rings. The van der Waals surface area contributed by atoms with Gasteiger partial charge >= 0.3 is 0 Å². The van der Waals surface area contributed by atoms with Crippen molar-refractivity contribution in [2.24, 2.45) is 0 Å². The smallest absolute Gasteiger partial charge is 0.252 e. The fraction of sp³-hybridized carbons (Fsp3) is 0.0909. The summed E-state index contributed by atoms with van der Waals surface area (Å²) >= 11 is 0. The Balaban J connectivity index is 2.29. The minimum absolute atomic E-state index is 0.124. The molecule has 0 aliphatic carbocycles. The second-order valence-corrected chi connectivity index (χ2v) is 3.07. The highest BCUT2D eigenvalue weighted by Gasteiger charge is 2.03. The van der Waals surface area contributed by atoms with E-state index in [1.165, 1.54) is 0 Å². The third kappa shape index (κ3) is 1.88. The summed E-state index contributed by atoms with van der Waals surface area (Å²) in [6.07, 6.45) is 5.37. The number of hydrogen-bond acceptors (Lipinski definition) is 2. The van der Waals surface area contributed by atoms with Crippen molar-refractivity contribution in [3.63, 3.8) is 0 Å². The maximum absolute atomic E-state index is 11.3. The zero-order valence-corrected chi connectivity index (χ0v) is 8.34. The fourth-order valence-electron chi connectivity index (χ4n) is 1.30. The zero-order valence-electron chi connectivity index (χ0n) is 8.34. The van der Waals surface area contributed by atoms with Crippen LogP contribution < -0.4 is 5.32 Å². The van der Waals surface area contributed by atoms with Gasteiger partial charge < -0.3 is 9.88 Å². The molecule has 2 rings (SSSR count). The summed E-state index contributed by atoms with van der Waals surface area (Å²) in [7, 11) is 1.60. The number of pyridine rings is 1. The van der Waals surface area contributed by atoms with E-state index in [0.717, 1.165) is 5.82 Å². The van der Waals surface area contributed by atoms with Crippen molar-refractivity contribution in [2.45, 2.75) is 0 Å². The first-order chi connectivity index (χ1) is 7.31. The van der Waals surface area contributed by atoms with Gasteiger partial charge in [0.25, 0.3) is 5.91 Å². The molecule has 0 aliphatic rings. The van der Waals surface area contributed by atoms with E-state index < -0.39 is 0 Å². The normalized spacial score (nSPS) is 9.93. The van der Waals surface area contributed by atoms with Crippen molar-refractivity contribution >= 4 is 5.91 Å². The molecule has 1 amide bonds. The Bertz CT molecular complexity index is 445. The van der Waals surface area contributed by atoms with Crippen LogP contribution >= 0.6 is 0 Å². The first-order valence-electron chi connectivity index (χ1n) is 4.63. The molecule has 0 aliphatic heterocycles. The van der Waals surface area contributed by atoms with Crippen LogP contribution in [0, 0.1) is 0 Å². The van der Waals surface area contributed by atoms with Gasteiger partial charge in [-0.15, -0.1) is 0 Å². The van der Waals surface area contributed by atoms with Crippen LogP contribution in [0.1, 0.15) is 10.4 Å². The summed E-state index contributed by atoms with van der Waals surface area (Å²) < 4.78 is 1.88. The van der Waals surface area contributed by atoms with Gasteiger partial charge in [-0.2, -0.15) is 0 Å². The molecule has 0 unspecified atom stereocenters. The molecule has 0 saturated carbocycles. The number of carbonyl (C=O) groups is 1. The number of hydrogen-bond donors (Lipinski definition) is 1. The number of nitrogens with zero attached hydrogens (tertiary/aromatic N) is 2. The Kier molecular flexibility index (Phi) is 2.49. The average molecular weight is 201 g/mol. The van der Waals surface area contributed by atoms with Gasteiger partial charge in [-0.1, -0.05) is 0 Å². The molecule has 15 heavy (non-hydrogen) atoms. The van der Waals surface area contributed by atoms with Crippen LogP contribution in [0.3, 0.4) is 0 Å². The molecule has 4 nitrogen and oxygen atoms in total. The lowest BCUT2D eigenvalue weighted by molar-refractivity contribution is 0.0963. The number of carbonyl (C=O) groups excluding carboxylic acids is 1. The summed E-state index contributed by atoms with van der Waals surface area (Å²) in [6.45, 7) is 0. The summed E-state index contributed by atoms with van der Waals surface area (Å²) in [5.41, 5.74) is 0.563. The van der Waals surface area contributed by atoms with E-state index >= 15 is 0 Å². The third-order valence-electron chi connectivity index (χ3n) is 2.11. The Morgan fingerprint density at radius 3 is 2.60 bits per heavy atom. The van der Waals surface area contributed by atoms with E-state index in [2.05, 4.69) is 10.3 Å². The number of aromatic nitrogens is 2. The molecule has 0 atom stereocenters. The van der Waals surface area contributed by atoms with E-state index in [9.17, 15) is 4.79 Å². The first-order valence-corrected chi connectivity index (χ1v) is 4.63. The largest absolute Gasteiger partial charge is 0.355 e. The van der Waals surface area contributed by atoms with Gasteiger partial charge in [0.15, 0.2) is 0 Å². The zero-order chi connectivity index (χ0) is 10.7. The van der Waals surface area contributed by atoms with Crippen LogP contribution in [-0.2, 0) is 0 Å². The molecule has 0 spiro atoms. The topological polar surface area (TPSA) is 46.9 Å². The lowest BCUT2D eigenvalue weighted by Crippen LogP contribution is -2.17. The van der Waals surface area contributed by atoms with Crippen molar-refractivity contribution in [3.05, 3.63) is 48.4 Å². The number of rotatable bonds is 2. The Morgan fingerprint density at radius 2 is 2.07 bits per heavy atom. The summed E-state index contributed by atoms with van der Waals surface area (Å²) in [4.78, 5) is 15.4. The van der Waals surface area contributed by atoms with Crippen LogP contribution in [0.15, 0.2) is 42.9 Å². The minimum atomic E-state index is -0.124. The molecule has 2 aromatic heterocycles. The quantitative estimate of drug-likeness (QED) is 0.794. The van der Waals surface area contributed by atoms with E-state index in [1.807, 2.05) is 35.2 Å². The van der Waals surface area contributed by atoms with Gasteiger partial charge in [-0.25, -0.2) is 4.98 Å². The predicted octanol–water partition coefficient (Wildman–Crippen LogP) is 1.23. The van der Waals surface area contributed by atoms with Crippen molar-refractivity contribution in [3.8, 4) is 5.82 Å². The van der Waals surface area contributed by atoms with Gasteiger partial charge in [-0.05, 0) is 24.3 Å². The molecule has 0 bridgehead atoms. The van der Waals surface area contributed by atoms with E-state index in [4.69, 9.17) is 0 Å². The maximum atomic E-state index is 11.3. The monoisotopic (exact) mass is 201 g/mol. The van der Waals surface area contributed by atoms with Crippen LogP contribution in [0.5, 0.6) is 0 Å². The third-order valence-corrected chi connectivity index (χ3v) is 2.11. The minimum Gasteiger partial charge on any atom is -0.355 e.